The first kappa shape index (κ1) is 13.0. The van der Waals surface area contributed by atoms with Gasteiger partial charge in [-0.2, -0.15) is 0 Å². The van der Waals surface area contributed by atoms with Crippen LogP contribution in [0, 0.1) is 17.5 Å². The van der Waals surface area contributed by atoms with Crippen LogP contribution in [0.2, 0.25) is 0 Å². The monoisotopic (exact) mass is 253 g/mol. The number of benzene rings is 1. The maximum absolute atomic E-state index is 13.1. The number of hydrogen-bond acceptors (Lipinski definition) is 2. The highest BCUT2D eigenvalue weighted by Gasteiger charge is 2.21. The first-order valence-corrected chi connectivity index (χ1v) is 6.01. The Labute approximate surface area is 91.3 Å². The van der Waals surface area contributed by atoms with Crippen LogP contribution in [0.25, 0.3) is 0 Å². The molecule has 0 aliphatic carbocycles. The summed E-state index contributed by atoms with van der Waals surface area (Å²) < 4.78 is 63.4. The van der Waals surface area contributed by atoms with Gasteiger partial charge in [0.1, 0.15) is 10.7 Å². The van der Waals surface area contributed by atoms with Crippen molar-refractivity contribution in [2.24, 2.45) is 0 Å². The van der Waals surface area contributed by atoms with Gasteiger partial charge in [0, 0.05) is 12.6 Å². The summed E-state index contributed by atoms with van der Waals surface area (Å²) in [5.41, 5.74) is 0. The van der Waals surface area contributed by atoms with Gasteiger partial charge in [0.2, 0.25) is 10.0 Å². The molecule has 0 fully saturated rings. The van der Waals surface area contributed by atoms with E-state index in [2.05, 4.69) is 4.72 Å². The van der Waals surface area contributed by atoms with Crippen LogP contribution in [0.1, 0.15) is 13.3 Å². The molecule has 0 saturated heterocycles. The van der Waals surface area contributed by atoms with E-state index in [1.807, 2.05) is 0 Å². The van der Waals surface area contributed by atoms with Crippen molar-refractivity contribution in [2.75, 3.05) is 6.54 Å². The van der Waals surface area contributed by atoms with Gasteiger partial charge in [0.05, 0.1) is 0 Å². The summed E-state index contributed by atoms with van der Waals surface area (Å²) in [7, 11) is -4.12. The van der Waals surface area contributed by atoms with Crippen LogP contribution in [0.3, 0.4) is 0 Å². The van der Waals surface area contributed by atoms with E-state index in [1.54, 1.807) is 6.92 Å². The molecule has 0 radical (unpaired) electrons. The molecule has 0 spiro atoms. The van der Waals surface area contributed by atoms with Gasteiger partial charge in [-0.3, -0.25) is 0 Å². The third-order valence-corrected chi connectivity index (χ3v) is 3.28. The number of hydrogen-bond donors (Lipinski definition) is 1. The molecule has 0 aliphatic heterocycles. The quantitative estimate of drug-likeness (QED) is 0.831. The van der Waals surface area contributed by atoms with Gasteiger partial charge in [0.25, 0.3) is 0 Å². The fraction of sp³-hybridized carbons (Fsp3) is 0.333. The summed E-state index contributed by atoms with van der Waals surface area (Å²) in [6, 6.07) is 0.526. The molecule has 0 amide bonds. The third kappa shape index (κ3) is 2.73. The number of halogens is 3. The molecule has 90 valence electrons. The van der Waals surface area contributed by atoms with E-state index < -0.39 is 32.4 Å². The normalized spacial score (nSPS) is 11.8. The zero-order valence-electron chi connectivity index (χ0n) is 8.43. The molecule has 0 heterocycles. The van der Waals surface area contributed by atoms with E-state index in [4.69, 9.17) is 0 Å². The molecule has 0 atom stereocenters. The molecule has 0 saturated carbocycles. The highest BCUT2D eigenvalue weighted by atomic mass is 32.2. The van der Waals surface area contributed by atoms with Gasteiger partial charge in [-0.05, 0) is 12.5 Å². The fourth-order valence-electron chi connectivity index (χ4n) is 1.02. The molecule has 1 aromatic rings. The Bertz CT molecular complexity index is 488. The van der Waals surface area contributed by atoms with Crippen molar-refractivity contribution in [1.29, 1.82) is 0 Å². The molecular weight excluding hydrogens is 243 g/mol. The van der Waals surface area contributed by atoms with Crippen molar-refractivity contribution in [2.45, 2.75) is 18.2 Å². The Kier molecular flexibility index (Phi) is 3.93. The Morgan fingerprint density at radius 2 is 1.69 bits per heavy atom. The van der Waals surface area contributed by atoms with Crippen LogP contribution < -0.4 is 4.72 Å². The smallest absolute Gasteiger partial charge is 0.211 e. The predicted octanol–water partition coefficient (Wildman–Crippen LogP) is 1.79. The number of rotatable bonds is 4. The van der Waals surface area contributed by atoms with Crippen LogP contribution in [0.5, 0.6) is 0 Å². The second-order valence-corrected chi connectivity index (χ2v) is 4.83. The maximum atomic E-state index is 13.1. The molecule has 0 unspecified atom stereocenters. The van der Waals surface area contributed by atoms with E-state index in [9.17, 15) is 21.6 Å². The average Bonchev–Trinajstić information content (AvgIpc) is 2.20. The molecule has 0 bridgehead atoms. The number of nitrogens with one attached hydrogen (secondary N) is 1. The van der Waals surface area contributed by atoms with E-state index >= 15 is 0 Å². The molecule has 0 aromatic heterocycles. The average molecular weight is 253 g/mol. The molecule has 3 nitrogen and oxygen atoms in total. The third-order valence-electron chi connectivity index (χ3n) is 1.81. The van der Waals surface area contributed by atoms with Gasteiger partial charge in [-0.1, -0.05) is 6.92 Å². The second-order valence-electron chi connectivity index (χ2n) is 3.09. The van der Waals surface area contributed by atoms with Crippen LogP contribution in [0.15, 0.2) is 17.0 Å². The van der Waals surface area contributed by atoms with Crippen molar-refractivity contribution in [3.63, 3.8) is 0 Å². The molecule has 1 rings (SSSR count). The summed E-state index contributed by atoms with van der Waals surface area (Å²) in [4.78, 5) is -0.889. The van der Waals surface area contributed by atoms with Crippen molar-refractivity contribution >= 4 is 10.0 Å². The summed E-state index contributed by atoms with van der Waals surface area (Å²) in [6.07, 6.45) is 0.504. The lowest BCUT2D eigenvalue weighted by molar-refractivity contribution is 0.481. The van der Waals surface area contributed by atoms with Crippen molar-refractivity contribution in [3.8, 4) is 0 Å². The Hall–Kier alpha value is -1.08. The molecule has 0 aliphatic rings. The van der Waals surface area contributed by atoms with Crippen molar-refractivity contribution < 1.29 is 21.6 Å². The zero-order chi connectivity index (χ0) is 12.3. The van der Waals surface area contributed by atoms with E-state index in [1.165, 1.54) is 0 Å². The van der Waals surface area contributed by atoms with Crippen LogP contribution >= 0.6 is 0 Å². The molecular formula is C9H10F3NO2S. The highest BCUT2D eigenvalue weighted by Crippen LogP contribution is 2.18. The standard InChI is InChI=1S/C9H10F3NO2S/c1-2-3-13-16(14,15)9-5-7(11)6(10)4-8(9)12/h4-5,13H,2-3H2,1H3. The number of sulfonamides is 1. The first-order valence-electron chi connectivity index (χ1n) is 4.52. The highest BCUT2D eigenvalue weighted by molar-refractivity contribution is 7.89. The van der Waals surface area contributed by atoms with Gasteiger partial charge in [-0.25, -0.2) is 26.3 Å². The molecule has 16 heavy (non-hydrogen) atoms. The van der Waals surface area contributed by atoms with Crippen LogP contribution in [-0.2, 0) is 10.0 Å². The first-order chi connectivity index (χ1) is 7.38. The SMILES string of the molecule is CCCNS(=O)(=O)c1cc(F)c(F)cc1F. The Morgan fingerprint density at radius 3 is 2.25 bits per heavy atom. The van der Waals surface area contributed by atoms with Gasteiger partial charge in [0.15, 0.2) is 11.6 Å². The lowest BCUT2D eigenvalue weighted by Gasteiger charge is -2.06. The summed E-state index contributed by atoms with van der Waals surface area (Å²) in [5, 5.41) is 0. The van der Waals surface area contributed by atoms with Gasteiger partial charge in [-0.15, -0.1) is 0 Å². The lowest BCUT2D eigenvalue weighted by atomic mass is 10.3. The Balaban J connectivity index is 3.18. The summed E-state index contributed by atoms with van der Waals surface area (Å²) >= 11 is 0. The molecule has 1 N–H and O–H groups in total. The zero-order valence-corrected chi connectivity index (χ0v) is 9.24. The topological polar surface area (TPSA) is 46.2 Å². The van der Waals surface area contributed by atoms with Crippen molar-refractivity contribution in [3.05, 3.63) is 29.6 Å². The van der Waals surface area contributed by atoms with E-state index in [0.29, 0.717) is 12.5 Å². The van der Waals surface area contributed by atoms with Crippen LogP contribution in [0.4, 0.5) is 13.2 Å². The van der Waals surface area contributed by atoms with E-state index in [-0.39, 0.29) is 12.6 Å². The minimum atomic E-state index is -4.12. The van der Waals surface area contributed by atoms with Gasteiger partial charge >= 0.3 is 0 Å². The minimum absolute atomic E-state index is 0.0980. The lowest BCUT2D eigenvalue weighted by Crippen LogP contribution is -2.25. The fourth-order valence-corrected chi connectivity index (χ4v) is 2.23. The van der Waals surface area contributed by atoms with Crippen LogP contribution in [-0.4, -0.2) is 15.0 Å². The van der Waals surface area contributed by atoms with Crippen molar-refractivity contribution in [1.82, 2.24) is 4.72 Å². The summed E-state index contributed by atoms with van der Waals surface area (Å²) in [6.45, 7) is 1.81. The molecule has 1 aromatic carbocycles. The minimum Gasteiger partial charge on any atom is -0.211 e. The Morgan fingerprint density at radius 1 is 1.12 bits per heavy atom. The second kappa shape index (κ2) is 4.84. The largest absolute Gasteiger partial charge is 0.243 e. The van der Waals surface area contributed by atoms with Gasteiger partial charge < -0.3 is 0 Å². The maximum Gasteiger partial charge on any atom is 0.243 e. The van der Waals surface area contributed by atoms with E-state index in [0.717, 1.165) is 0 Å². The molecule has 7 heteroatoms. The summed E-state index contributed by atoms with van der Waals surface area (Å²) in [5.74, 6) is -4.15. The predicted molar refractivity (Wildman–Crippen MR) is 51.8 cm³/mol.